The van der Waals surface area contributed by atoms with E-state index in [1.165, 1.54) is 5.56 Å². The molecule has 2 rings (SSSR count). The van der Waals surface area contributed by atoms with Gasteiger partial charge in [-0.2, -0.15) is 0 Å². The van der Waals surface area contributed by atoms with E-state index in [4.69, 9.17) is 4.42 Å². The van der Waals surface area contributed by atoms with Crippen molar-refractivity contribution in [2.45, 2.75) is 20.0 Å². The summed E-state index contributed by atoms with van der Waals surface area (Å²) in [4.78, 5) is 6.50. The number of aryl methyl sites for hydroxylation is 1. The summed E-state index contributed by atoms with van der Waals surface area (Å²) in [6.45, 7) is 3.60. The van der Waals surface area contributed by atoms with E-state index >= 15 is 0 Å². The lowest BCUT2D eigenvalue weighted by atomic mass is 10.2. The maximum atomic E-state index is 5.58. The molecule has 2 heterocycles. The molecule has 0 amide bonds. The first kappa shape index (κ1) is 12.6. The number of furan rings is 1. The number of nitrogens with zero attached hydrogens (tertiary/aromatic N) is 2. The van der Waals surface area contributed by atoms with Gasteiger partial charge in [-0.15, -0.1) is 0 Å². The number of pyridine rings is 1. The van der Waals surface area contributed by atoms with Crippen LogP contribution in [0.15, 0.2) is 34.9 Å². The molecular weight excluding hydrogens is 226 g/mol. The number of nitrogens with one attached hydrogen (secondary N) is 1. The van der Waals surface area contributed by atoms with Crippen molar-refractivity contribution in [3.8, 4) is 0 Å². The summed E-state index contributed by atoms with van der Waals surface area (Å²) >= 11 is 0. The van der Waals surface area contributed by atoms with Gasteiger partial charge in [0.15, 0.2) is 0 Å². The summed E-state index contributed by atoms with van der Waals surface area (Å²) < 4.78 is 5.58. The Labute approximate surface area is 108 Å². The molecule has 4 nitrogen and oxygen atoms in total. The zero-order valence-electron chi connectivity index (χ0n) is 11.1. The predicted octanol–water partition coefficient (Wildman–Crippen LogP) is 2.66. The molecule has 0 fully saturated rings. The lowest BCUT2D eigenvalue weighted by Crippen LogP contribution is -2.18. The third-order valence-corrected chi connectivity index (χ3v) is 2.79. The van der Waals surface area contributed by atoms with Gasteiger partial charge in [0.1, 0.15) is 17.3 Å². The molecule has 0 spiro atoms. The van der Waals surface area contributed by atoms with Crippen molar-refractivity contribution in [3.05, 3.63) is 47.5 Å². The van der Waals surface area contributed by atoms with Gasteiger partial charge in [0.2, 0.25) is 0 Å². The highest BCUT2D eigenvalue weighted by Gasteiger charge is 2.07. The summed E-state index contributed by atoms with van der Waals surface area (Å²) in [5, 5.41) is 3.11. The molecule has 0 aliphatic heterocycles. The fourth-order valence-corrected chi connectivity index (χ4v) is 1.97. The van der Waals surface area contributed by atoms with Crippen LogP contribution in [0, 0.1) is 6.92 Å². The van der Waals surface area contributed by atoms with Crippen LogP contribution in [-0.4, -0.2) is 24.0 Å². The Balaban J connectivity index is 2.00. The van der Waals surface area contributed by atoms with Crippen molar-refractivity contribution < 1.29 is 4.42 Å². The van der Waals surface area contributed by atoms with Crippen LogP contribution >= 0.6 is 0 Å². The fraction of sp³-hybridized carbons (Fsp3) is 0.357. The van der Waals surface area contributed by atoms with Gasteiger partial charge in [-0.25, -0.2) is 4.98 Å². The molecule has 0 bridgehead atoms. The van der Waals surface area contributed by atoms with Gasteiger partial charge in [0.25, 0.3) is 0 Å². The van der Waals surface area contributed by atoms with E-state index in [0.29, 0.717) is 0 Å². The Bertz CT molecular complexity index is 507. The van der Waals surface area contributed by atoms with Gasteiger partial charge in [-0.3, -0.25) is 4.90 Å². The van der Waals surface area contributed by atoms with Gasteiger partial charge in [-0.05, 0) is 32.2 Å². The first-order valence-electron chi connectivity index (χ1n) is 6.04. The number of hydrogen-bond acceptors (Lipinski definition) is 4. The lowest BCUT2D eigenvalue weighted by Gasteiger charge is -2.16. The zero-order chi connectivity index (χ0) is 13.0. The van der Waals surface area contributed by atoms with Gasteiger partial charge >= 0.3 is 0 Å². The van der Waals surface area contributed by atoms with Crippen LogP contribution in [0.2, 0.25) is 0 Å². The quantitative estimate of drug-likeness (QED) is 0.879. The molecule has 4 heteroatoms. The molecular formula is C14H19N3O. The van der Waals surface area contributed by atoms with Gasteiger partial charge in [-0.1, -0.05) is 6.07 Å². The molecule has 0 radical (unpaired) electrons. The summed E-state index contributed by atoms with van der Waals surface area (Å²) in [5.41, 5.74) is 1.19. The Kier molecular flexibility index (Phi) is 3.99. The predicted molar refractivity (Wildman–Crippen MR) is 72.4 cm³/mol. The smallest absolute Gasteiger partial charge is 0.130 e. The molecule has 1 N–H and O–H groups in total. The SMILES string of the molecule is CNc1ncccc1CN(C)Cc1ccc(C)o1. The van der Waals surface area contributed by atoms with E-state index in [9.17, 15) is 0 Å². The second kappa shape index (κ2) is 5.69. The minimum atomic E-state index is 0.798. The second-order valence-corrected chi connectivity index (χ2v) is 4.45. The summed E-state index contributed by atoms with van der Waals surface area (Å²) in [7, 11) is 3.96. The van der Waals surface area contributed by atoms with Crippen LogP contribution < -0.4 is 5.32 Å². The van der Waals surface area contributed by atoms with E-state index < -0.39 is 0 Å². The van der Waals surface area contributed by atoms with Crippen LogP contribution in [0.25, 0.3) is 0 Å². The Morgan fingerprint density at radius 3 is 2.78 bits per heavy atom. The normalized spacial score (nSPS) is 10.9. The maximum Gasteiger partial charge on any atom is 0.130 e. The van der Waals surface area contributed by atoms with Crippen molar-refractivity contribution in [1.29, 1.82) is 0 Å². The fourth-order valence-electron chi connectivity index (χ4n) is 1.97. The molecule has 2 aromatic rings. The van der Waals surface area contributed by atoms with Crippen LogP contribution in [0.1, 0.15) is 17.1 Å². The van der Waals surface area contributed by atoms with Crippen LogP contribution in [0.4, 0.5) is 5.82 Å². The standard InChI is InChI=1S/C14H19N3O/c1-11-6-7-13(18-11)10-17(3)9-12-5-4-8-16-14(12)15-2/h4-8H,9-10H2,1-3H3,(H,15,16). The van der Waals surface area contributed by atoms with Crippen molar-refractivity contribution >= 4 is 5.82 Å². The first-order valence-corrected chi connectivity index (χ1v) is 6.04. The summed E-state index contributed by atoms with van der Waals surface area (Å²) in [5.74, 6) is 2.88. The second-order valence-electron chi connectivity index (χ2n) is 4.45. The molecule has 0 aromatic carbocycles. The van der Waals surface area contributed by atoms with E-state index in [0.717, 1.165) is 30.4 Å². The van der Waals surface area contributed by atoms with Crippen molar-refractivity contribution in [2.75, 3.05) is 19.4 Å². The average molecular weight is 245 g/mol. The summed E-state index contributed by atoms with van der Waals surface area (Å²) in [6, 6.07) is 8.06. The van der Waals surface area contributed by atoms with Gasteiger partial charge in [0, 0.05) is 25.4 Å². The van der Waals surface area contributed by atoms with Crippen molar-refractivity contribution in [3.63, 3.8) is 0 Å². The third-order valence-electron chi connectivity index (χ3n) is 2.79. The van der Waals surface area contributed by atoms with Crippen LogP contribution in [-0.2, 0) is 13.1 Å². The monoisotopic (exact) mass is 245 g/mol. The number of anilines is 1. The third kappa shape index (κ3) is 3.11. The Hall–Kier alpha value is -1.81. The van der Waals surface area contributed by atoms with Crippen molar-refractivity contribution in [1.82, 2.24) is 9.88 Å². The Morgan fingerprint density at radius 2 is 2.11 bits per heavy atom. The highest BCUT2D eigenvalue weighted by molar-refractivity contribution is 5.42. The minimum absolute atomic E-state index is 0.798. The van der Waals surface area contributed by atoms with Crippen LogP contribution in [0.3, 0.4) is 0 Å². The number of hydrogen-bond donors (Lipinski definition) is 1. The molecule has 18 heavy (non-hydrogen) atoms. The molecule has 0 atom stereocenters. The van der Waals surface area contributed by atoms with E-state index in [1.54, 1.807) is 6.20 Å². The highest BCUT2D eigenvalue weighted by atomic mass is 16.3. The van der Waals surface area contributed by atoms with E-state index in [-0.39, 0.29) is 0 Å². The van der Waals surface area contributed by atoms with E-state index in [1.807, 2.05) is 32.2 Å². The van der Waals surface area contributed by atoms with Gasteiger partial charge < -0.3 is 9.73 Å². The first-order chi connectivity index (χ1) is 8.69. The van der Waals surface area contributed by atoms with Gasteiger partial charge in [0.05, 0.1) is 6.54 Å². The number of aromatic nitrogens is 1. The largest absolute Gasteiger partial charge is 0.465 e. The molecule has 2 aromatic heterocycles. The van der Waals surface area contributed by atoms with Crippen LogP contribution in [0.5, 0.6) is 0 Å². The molecule has 0 aliphatic rings. The zero-order valence-corrected chi connectivity index (χ0v) is 11.1. The molecule has 0 saturated carbocycles. The van der Waals surface area contributed by atoms with Crippen molar-refractivity contribution in [2.24, 2.45) is 0 Å². The number of rotatable bonds is 5. The highest BCUT2D eigenvalue weighted by Crippen LogP contribution is 2.15. The maximum absolute atomic E-state index is 5.58. The minimum Gasteiger partial charge on any atom is -0.465 e. The lowest BCUT2D eigenvalue weighted by molar-refractivity contribution is 0.285. The molecule has 0 saturated heterocycles. The average Bonchev–Trinajstić information content (AvgIpc) is 2.75. The molecule has 0 aliphatic carbocycles. The molecule has 96 valence electrons. The van der Waals surface area contributed by atoms with E-state index in [2.05, 4.69) is 28.3 Å². The topological polar surface area (TPSA) is 41.3 Å². The Morgan fingerprint density at radius 1 is 1.28 bits per heavy atom. The summed E-state index contributed by atoms with van der Waals surface area (Å²) in [6.07, 6.45) is 1.80. The molecule has 0 unspecified atom stereocenters.